The molecule has 0 aliphatic heterocycles. The highest BCUT2D eigenvalue weighted by molar-refractivity contribution is 7.89. The van der Waals surface area contributed by atoms with Gasteiger partial charge in [-0.1, -0.05) is 48.5 Å². The molecular formula is C20H19N3O4S. The van der Waals surface area contributed by atoms with E-state index in [1.165, 1.54) is 28.6 Å². The van der Waals surface area contributed by atoms with Crippen LogP contribution in [0.4, 0.5) is 5.69 Å². The van der Waals surface area contributed by atoms with Gasteiger partial charge in [0, 0.05) is 18.8 Å². The molecule has 0 aliphatic carbocycles. The molecule has 3 aromatic rings. The molecule has 0 spiro atoms. The monoisotopic (exact) mass is 397 g/mol. The molecule has 3 rings (SSSR count). The van der Waals surface area contributed by atoms with Crippen molar-refractivity contribution < 1.29 is 13.3 Å². The van der Waals surface area contributed by atoms with E-state index >= 15 is 0 Å². The molecule has 8 heteroatoms. The van der Waals surface area contributed by atoms with Crippen molar-refractivity contribution in [2.75, 3.05) is 6.54 Å². The highest BCUT2D eigenvalue weighted by Gasteiger charge is 2.31. The van der Waals surface area contributed by atoms with Crippen LogP contribution in [-0.4, -0.2) is 29.2 Å². The van der Waals surface area contributed by atoms with Crippen molar-refractivity contribution >= 4 is 15.7 Å². The van der Waals surface area contributed by atoms with Crippen molar-refractivity contribution in [2.45, 2.75) is 17.9 Å². The number of benzene rings is 2. The van der Waals surface area contributed by atoms with Gasteiger partial charge in [0.25, 0.3) is 5.69 Å². The lowest BCUT2D eigenvalue weighted by molar-refractivity contribution is -0.387. The Bertz CT molecular complexity index is 1040. The van der Waals surface area contributed by atoms with Gasteiger partial charge in [0.1, 0.15) is 0 Å². The second-order valence-electron chi connectivity index (χ2n) is 6.12. The SMILES string of the molecule is O=[N+]([O-])c1ccccc1S(=O)(=O)N(CCc1ccccc1)Cc1ccccn1. The Morgan fingerprint density at radius 1 is 0.929 bits per heavy atom. The quantitative estimate of drug-likeness (QED) is 0.429. The zero-order valence-corrected chi connectivity index (χ0v) is 15.8. The Morgan fingerprint density at radius 3 is 2.29 bits per heavy atom. The number of sulfonamides is 1. The van der Waals surface area contributed by atoms with Crippen LogP contribution in [0.5, 0.6) is 0 Å². The van der Waals surface area contributed by atoms with Gasteiger partial charge in [-0.15, -0.1) is 0 Å². The third kappa shape index (κ3) is 4.59. The van der Waals surface area contributed by atoms with Gasteiger partial charge in [-0.3, -0.25) is 15.1 Å². The first-order valence-corrected chi connectivity index (χ1v) is 10.1. The van der Waals surface area contributed by atoms with Crippen LogP contribution < -0.4 is 0 Å². The maximum Gasteiger partial charge on any atom is 0.289 e. The molecule has 0 bridgehead atoms. The minimum Gasteiger partial charge on any atom is -0.260 e. The molecule has 0 radical (unpaired) electrons. The van der Waals surface area contributed by atoms with Crippen LogP contribution in [0.25, 0.3) is 0 Å². The predicted molar refractivity (Wildman–Crippen MR) is 105 cm³/mol. The van der Waals surface area contributed by atoms with E-state index in [1.54, 1.807) is 24.4 Å². The molecule has 1 heterocycles. The summed E-state index contributed by atoms with van der Waals surface area (Å²) < 4.78 is 27.8. The topological polar surface area (TPSA) is 93.4 Å². The number of nitrogens with zero attached hydrogens (tertiary/aromatic N) is 3. The summed E-state index contributed by atoms with van der Waals surface area (Å²) in [7, 11) is -4.09. The number of nitro groups is 1. The van der Waals surface area contributed by atoms with Crippen molar-refractivity contribution in [3.63, 3.8) is 0 Å². The van der Waals surface area contributed by atoms with Crippen molar-refractivity contribution in [3.05, 3.63) is 100 Å². The fraction of sp³-hybridized carbons (Fsp3) is 0.150. The Labute approximate surface area is 163 Å². The van der Waals surface area contributed by atoms with Crippen LogP contribution in [0.2, 0.25) is 0 Å². The molecule has 28 heavy (non-hydrogen) atoms. The molecule has 0 saturated heterocycles. The average Bonchev–Trinajstić information content (AvgIpc) is 2.72. The zero-order valence-electron chi connectivity index (χ0n) is 15.0. The first-order chi connectivity index (χ1) is 13.5. The fourth-order valence-corrected chi connectivity index (χ4v) is 4.39. The van der Waals surface area contributed by atoms with Crippen LogP contribution in [-0.2, 0) is 23.0 Å². The van der Waals surface area contributed by atoms with E-state index in [9.17, 15) is 18.5 Å². The lowest BCUT2D eigenvalue weighted by Gasteiger charge is -2.22. The number of nitro benzene ring substituents is 1. The molecule has 0 saturated carbocycles. The molecule has 0 fully saturated rings. The molecule has 0 atom stereocenters. The molecule has 2 aromatic carbocycles. The summed E-state index contributed by atoms with van der Waals surface area (Å²) >= 11 is 0. The van der Waals surface area contributed by atoms with Crippen LogP contribution in [0.15, 0.2) is 83.9 Å². The summed E-state index contributed by atoms with van der Waals surface area (Å²) in [5.74, 6) is 0. The lowest BCUT2D eigenvalue weighted by Crippen LogP contribution is -2.33. The average molecular weight is 397 g/mol. The van der Waals surface area contributed by atoms with Gasteiger partial charge in [0.2, 0.25) is 10.0 Å². The van der Waals surface area contributed by atoms with Crippen LogP contribution in [0.1, 0.15) is 11.3 Å². The highest BCUT2D eigenvalue weighted by Crippen LogP contribution is 2.27. The number of aromatic nitrogens is 1. The summed E-state index contributed by atoms with van der Waals surface area (Å²) in [6, 6.07) is 20.1. The van der Waals surface area contributed by atoms with E-state index in [4.69, 9.17) is 0 Å². The van der Waals surface area contributed by atoms with Gasteiger partial charge < -0.3 is 0 Å². The summed E-state index contributed by atoms with van der Waals surface area (Å²) in [5.41, 5.74) is 1.11. The van der Waals surface area contributed by atoms with Crippen LogP contribution in [0, 0.1) is 10.1 Å². The molecule has 144 valence electrons. The summed E-state index contributed by atoms with van der Waals surface area (Å²) in [4.78, 5) is 14.5. The third-order valence-corrected chi connectivity index (χ3v) is 6.13. The van der Waals surface area contributed by atoms with Gasteiger partial charge >= 0.3 is 0 Å². The maximum atomic E-state index is 13.3. The molecule has 0 amide bonds. The normalized spacial score (nSPS) is 11.5. The van der Waals surface area contributed by atoms with Crippen molar-refractivity contribution in [1.29, 1.82) is 0 Å². The fourth-order valence-electron chi connectivity index (χ4n) is 2.82. The molecule has 0 unspecified atom stereocenters. The van der Waals surface area contributed by atoms with Gasteiger partial charge in [-0.2, -0.15) is 4.31 Å². The van der Waals surface area contributed by atoms with E-state index in [-0.39, 0.29) is 18.0 Å². The van der Waals surface area contributed by atoms with Crippen LogP contribution >= 0.6 is 0 Å². The van der Waals surface area contributed by atoms with Crippen LogP contribution in [0.3, 0.4) is 0 Å². The first kappa shape index (κ1) is 19.7. The molecule has 0 aliphatic rings. The molecule has 1 aromatic heterocycles. The summed E-state index contributed by atoms with van der Waals surface area (Å²) in [6.45, 7) is 0.205. The van der Waals surface area contributed by atoms with Crippen molar-refractivity contribution in [2.24, 2.45) is 0 Å². The number of rotatable bonds is 8. The minimum atomic E-state index is -4.09. The third-order valence-electron chi connectivity index (χ3n) is 4.24. The Hall–Kier alpha value is -3.10. The van der Waals surface area contributed by atoms with Gasteiger partial charge in [-0.25, -0.2) is 8.42 Å². The maximum absolute atomic E-state index is 13.3. The van der Waals surface area contributed by atoms with Crippen molar-refractivity contribution in [3.8, 4) is 0 Å². The second kappa shape index (κ2) is 8.73. The largest absolute Gasteiger partial charge is 0.289 e. The zero-order chi connectivity index (χ0) is 20.0. The molecule has 0 N–H and O–H groups in total. The molecule has 7 nitrogen and oxygen atoms in total. The highest BCUT2D eigenvalue weighted by atomic mass is 32.2. The van der Waals surface area contributed by atoms with E-state index < -0.39 is 20.6 Å². The van der Waals surface area contributed by atoms with E-state index in [0.29, 0.717) is 12.1 Å². The Morgan fingerprint density at radius 2 is 1.61 bits per heavy atom. The standard InChI is InChI=1S/C20H19N3O4S/c24-23(25)19-11-4-5-12-20(19)28(26,27)22(16-18-10-6-7-14-21-18)15-13-17-8-2-1-3-9-17/h1-12,14H,13,15-16H2. The number of hydrogen-bond acceptors (Lipinski definition) is 5. The Balaban J connectivity index is 1.96. The first-order valence-electron chi connectivity index (χ1n) is 8.66. The predicted octanol–water partition coefficient (Wildman–Crippen LogP) is 3.42. The number of pyridine rings is 1. The van der Waals surface area contributed by atoms with Crippen molar-refractivity contribution in [1.82, 2.24) is 9.29 Å². The smallest absolute Gasteiger partial charge is 0.260 e. The van der Waals surface area contributed by atoms with E-state index in [1.807, 2.05) is 30.3 Å². The van der Waals surface area contributed by atoms with Gasteiger partial charge in [0.05, 0.1) is 17.2 Å². The number of hydrogen-bond donors (Lipinski definition) is 0. The number of para-hydroxylation sites is 1. The lowest BCUT2D eigenvalue weighted by atomic mass is 10.1. The van der Waals surface area contributed by atoms with Gasteiger partial charge in [-0.05, 0) is 30.2 Å². The Kier molecular flexibility index (Phi) is 6.13. The summed E-state index contributed by atoms with van der Waals surface area (Å²) in [6.07, 6.45) is 2.07. The van der Waals surface area contributed by atoms with E-state index in [0.717, 1.165) is 5.56 Å². The van der Waals surface area contributed by atoms with Gasteiger partial charge in [0.15, 0.2) is 4.90 Å². The second-order valence-corrected chi connectivity index (χ2v) is 8.03. The summed E-state index contributed by atoms with van der Waals surface area (Å²) in [5, 5.41) is 11.3. The molecular weight excluding hydrogens is 378 g/mol. The van der Waals surface area contributed by atoms with E-state index in [2.05, 4.69) is 4.98 Å². The minimum absolute atomic E-state index is 0.0298.